The Balaban J connectivity index is 1.36. The molecule has 7 heteroatoms. The van der Waals surface area contributed by atoms with Gasteiger partial charge < -0.3 is 15.5 Å². The molecule has 2 heterocycles. The van der Waals surface area contributed by atoms with Crippen molar-refractivity contribution in [2.75, 3.05) is 25.0 Å². The molecule has 1 saturated heterocycles. The second-order valence-corrected chi connectivity index (χ2v) is 7.85. The first kappa shape index (κ1) is 21.3. The zero-order valence-corrected chi connectivity index (χ0v) is 17.4. The fourth-order valence-electron chi connectivity index (χ4n) is 3.50. The molecule has 6 nitrogen and oxygen atoms in total. The maximum absolute atomic E-state index is 12.4. The van der Waals surface area contributed by atoms with Crippen LogP contribution in [0.4, 0.5) is 5.82 Å². The molecule has 2 N–H and O–H groups in total. The Bertz CT molecular complexity index is 805. The predicted octanol–water partition coefficient (Wildman–Crippen LogP) is 3.65. The lowest BCUT2D eigenvalue weighted by atomic mass is 9.96. The Kier molecular flexibility index (Phi) is 7.61. The Morgan fingerprint density at radius 1 is 1.17 bits per heavy atom. The third kappa shape index (κ3) is 6.54. The van der Waals surface area contributed by atoms with E-state index in [0.717, 1.165) is 31.5 Å². The minimum Gasteiger partial charge on any atom is -0.350 e. The van der Waals surface area contributed by atoms with E-state index >= 15 is 0 Å². The molecule has 0 spiro atoms. The van der Waals surface area contributed by atoms with Gasteiger partial charge in [0.15, 0.2) is 0 Å². The summed E-state index contributed by atoms with van der Waals surface area (Å²) in [5, 5.41) is 6.44. The number of aromatic nitrogens is 1. The summed E-state index contributed by atoms with van der Waals surface area (Å²) in [6, 6.07) is 13.3. The van der Waals surface area contributed by atoms with Crippen molar-refractivity contribution >= 4 is 29.2 Å². The molecule has 1 aliphatic heterocycles. The lowest BCUT2D eigenvalue weighted by Crippen LogP contribution is -2.40. The molecule has 2 amide bonds. The summed E-state index contributed by atoms with van der Waals surface area (Å²) in [5.41, 5.74) is 1.10. The Morgan fingerprint density at radius 2 is 1.90 bits per heavy atom. The van der Waals surface area contributed by atoms with Gasteiger partial charge in [0.2, 0.25) is 11.8 Å². The molecule has 1 fully saturated rings. The molecular weight excluding hydrogens is 388 g/mol. The zero-order valence-electron chi connectivity index (χ0n) is 16.6. The lowest BCUT2D eigenvalue weighted by Gasteiger charge is -2.31. The van der Waals surface area contributed by atoms with E-state index in [2.05, 4.69) is 20.5 Å². The predicted molar refractivity (Wildman–Crippen MR) is 115 cm³/mol. The molecule has 1 aromatic carbocycles. The van der Waals surface area contributed by atoms with Crippen LogP contribution in [0.25, 0.3) is 0 Å². The minimum absolute atomic E-state index is 0.000362. The van der Waals surface area contributed by atoms with E-state index in [9.17, 15) is 9.59 Å². The number of nitrogens with one attached hydrogen (secondary N) is 2. The highest BCUT2D eigenvalue weighted by molar-refractivity contribution is 6.30. The van der Waals surface area contributed by atoms with Gasteiger partial charge in [-0.3, -0.25) is 9.59 Å². The summed E-state index contributed by atoms with van der Waals surface area (Å²) in [6.07, 6.45) is 3.54. The lowest BCUT2D eigenvalue weighted by molar-refractivity contribution is -0.123. The van der Waals surface area contributed by atoms with Crippen molar-refractivity contribution in [3.05, 3.63) is 59.2 Å². The monoisotopic (exact) mass is 414 g/mol. The zero-order chi connectivity index (χ0) is 20.6. The molecule has 0 bridgehead atoms. The van der Waals surface area contributed by atoms with Crippen LogP contribution in [0.1, 0.15) is 37.8 Å². The molecule has 1 atom stereocenters. The highest BCUT2D eigenvalue weighted by Gasteiger charge is 2.25. The number of benzene rings is 1. The average Bonchev–Trinajstić information content (AvgIpc) is 2.75. The first-order chi connectivity index (χ1) is 14.0. The second kappa shape index (κ2) is 10.4. The van der Waals surface area contributed by atoms with Gasteiger partial charge in [0, 0.05) is 25.1 Å². The number of rotatable bonds is 7. The number of halogens is 1. The van der Waals surface area contributed by atoms with Gasteiger partial charge in [-0.15, -0.1) is 0 Å². The molecule has 0 aliphatic carbocycles. The number of anilines is 1. The number of piperidine rings is 1. The van der Waals surface area contributed by atoms with Crippen LogP contribution in [-0.2, 0) is 9.59 Å². The highest BCUT2D eigenvalue weighted by atomic mass is 35.5. The van der Waals surface area contributed by atoms with Gasteiger partial charge in [-0.25, -0.2) is 4.98 Å². The van der Waals surface area contributed by atoms with Crippen molar-refractivity contribution in [1.29, 1.82) is 0 Å². The molecular formula is C22H27ClN4O2. The summed E-state index contributed by atoms with van der Waals surface area (Å²) >= 11 is 5.81. The van der Waals surface area contributed by atoms with Gasteiger partial charge in [-0.05, 0) is 50.6 Å². The van der Waals surface area contributed by atoms with E-state index < -0.39 is 0 Å². The summed E-state index contributed by atoms with van der Waals surface area (Å²) in [4.78, 5) is 31.0. The van der Waals surface area contributed by atoms with Crippen molar-refractivity contribution < 1.29 is 9.59 Å². The molecule has 3 rings (SSSR count). The molecule has 1 aliphatic rings. The summed E-state index contributed by atoms with van der Waals surface area (Å²) in [7, 11) is 0. The van der Waals surface area contributed by atoms with Gasteiger partial charge >= 0.3 is 0 Å². The fourth-order valence-corrected chi connectivity index (χ4v) is 3.61. The normalized spacial score (nSPS) is 16.2. The summed E-state index contributed by atoms with van der Waals surface area (Å²) in [5.74, 6) is 0.533. The Hall–Kier alpha value is -2.44. The van der Waals surface area contributed by atoms with E-state index in [-0.39, 0.29) is 23.8 Å². The van der Waals surface area contributed by atoms with Gasteiger partial charge in [-0.1, -0.05) is 41.9 Å². The van der Waals surface area contributed by atoms with Crippen molar-refractivity contribution in [2.24, 2.45) is 5.92 Å². The number of nitrogens with zero attached hydrogens (tertiary/aromatic N) is 2. The number of pyridine rings is 1. The van der Waals surface area contributed by atoms with Crippen LogP contribution in [0.5, 0.6) is 0 Å². The minimum atomic E-state index is -0.0318. The number of carbonyl (C=O) groups excluding carboxylic acids is 2. The van der Waals surface area contributed by atoms with E-state index in [1.165, 1.54) is 6.20 Å². The van der Waals surface area contributed by atoms with Crippen LogP contribution in [0.15, 0.2) is 48.7 Å². The smallest absolute Gasteiger partial charge is 0.228 e. The van der Waals surface area contributed by atoms with Crippen molar-refractivity contribution in [2.45, 2.75) is 32.2 Å². The van der Waals surface area contributed by atoms with Crippen molar-refractivity contribution in [3.8, 4) is 0 Å². The summed E-state index contributed by atoms with van der Waals surface area (Å²) in [6.45, 7) is 4.33. The maximum Gasteiger partial charge on any atom is 0.228 e. The Labute approximate surface area is 176 Å². The van der Waals surface area contributed by atoms with Crippen molar-refractivity contribution in [3.63, 3.8) is 0 Å². The third-order valence-electron chi connectivity index (χ3n) is 5.27. The van der Waals surface area contributed by atoms with E-state index in [1.54, 1.807) is 12.1 Å². The number of likely N-dealkylation sites (tertiary alicyclic amines) is 1. The fraction of sp³-hybridized carbons (Fsp3) is 0.409. The largest absolute Gasteiger partial charge is 0.350 e. The average molecular weight is 415 g/mol. The first-order valence-corrected chi connectivity index (χ1v) is 10.4. The van der Waals surface area contributed by atoms with Crippen LogP contribution in [0.3, 0.4) is 0 Å². The second-order valence-electron chi connectivity index (χ2n) is 7.42. The van der Waals surface area contributed by atoms with E-state index in [4.69, 9.17) is 11.6 Å². The quantitative estimate of drug-likeness (QED) is 0.725. The SMILES string of the molecule is CC(NC(=O)CCN1CCC(C(=O)Nc2ccc(Cl)cn2)CC1)c1ccccc1. The molecule has 1 unspecified atom stereocenters. The van der Waals surface area contributed by atoms with Gasteiger partial charge in [-0.2, -0.15) is 0 Å². The standard InChI is InChI=1S/C22H27ClN4O2/c1-16(17-5-3-2-4-6-17)25-21(28)11-14-27-12-9-18(10-13-27)22(29)26-20-8-7-19(23)15-24-20/h2-8,15-16,18H,9-14H2,1H3,(H,25,28)(H,24,26,29). The van der Waals surface area contributed by atoms with Crippen LogP contribution >= 0.6 is 11.6 Å². The topological polar surface area (TPSA) is 74.3 Å². The highest BCUT2D eigenvalue weighted by Crippen LogP contribution is 2.20. The van der Waals surface area contributed by atoms with Gasteiger partial charge in [0.1, 0.15) is 5.82 Å². The number of amides is 2. The molecule has 2 aromatic rings. The molecule has 0 radical (unpaired) electrons. The first-order valence-electron chi connectivity index (χ1n) is 10.0. The van der Waals surface area contributed by atoms with Gasteiger partial charge in [0.05, 0.1) is 11.1 Å². The number of hydrogen-bond acceptors (Lipinski definition) is 4. The Morgan fingerprint density at radius 3 is 2.55 bits per heavy atom. The van der Waals surface area contributed by atoms with Gasteiger partial charge in [0.25, 0.3) is 0 Å². The van der Waals surface area contributed by atoms with Crippen LogP contribution in [-0.4, -0.2) is 41.3 Å². The molecule has 154 valence electrons. The molecule has 29 heavy (non-hydrogen) atoms. The molecule has 1 aromatic heterocycles. The van der Waals surface area contributed by atoms with Crippen LogP contribution < -0.4 is 10.6 Å². The third-order valence-corrected chi connectivity index (χ3v) is 5.49. The van der Waals surface area contributed by atoms with Crippen LogP contribution in [0, 0.1) is 5.92 Å². The van der Waals surface area contributed by atoms with E-state index in [0.29, 0.717) is 23.8 Å². The molecule has 0 saturated carbocycles. The van der Waals surface area contributed by atoms with Crippen molar-refractivity contribution in [1.82, 2.24) is 15.2 Å². The van der Waals surface area contributed by atoms with Crippen LogP contribution in [0.2, 0.25) is 5.02 Å². The number of hydrogen-bond donors (Lipinski definition) is 2. The number of carbonyl (C=O) groups is 2. The van der Waals surface area contributed by atoms with E-state index in [1.807, 2.05) is 37.3 Å². The summed E-state index contributed by atoms with van der Waals surface area (Å²) < 4.78 is 0. The maximum atomic E-state index is 12.4.